The van der Waals surface area contributed by atoms with Crippen LogP contribution in [-0.2, 0) is 14.8 Å². The molecule has 0 aromatic heterocycles. The molecule has 0 aliphatic carbocycles. The molecule has 7 nitrogen and oxygen atoms in total. The van der Waals surface area contributed by atoms with Gasteiger partial charge in [0.05, 0.1) is 23.0 Å². The Morgan fingerprint density at radius 1 is 1.08 bits per heavy atom. The average molecular weight is 362 g/mol. The SMILES string of the molecule is CCCOC(=O)c1ccc(NS(=O)(=O)c2cccc(C(=O)[O-])c2)cc1. The van der Waals surface area contributed by atoms with Crippen molar-refractivity contribution in [2.75, 3.05) is 11.3 Å². The minimum Gasteiger partial charge on any atom is -0.545 e. The molecule has 0 bridgehead atoms. The molecule has 8 heteroatoms. The average Bonchev–Trinajstić information content (AvgIpc) is 2.60. The van der Waals surface area contributed by atoms with Gasteiger partial charge in [0.2, 0.25) is 0 Å². The highest BCUT2D eigenvalue weighted by Crippen LogP contribution is 2.18. The van der Waals surface area contributed by atoms with Crippen molar-refractivity contribution in [1.82, 2.24) is 0 Å². The van der Waals surface area contributed by atoms with Crippen molar-refractivity contribution in [1.29, 1.82) is 0 Å². The maximum atomic E-state index is 12.3. The first kappa shape index (κ1) is 18.5. The summed E-state index contributed by atoms with van der Waals surface area (Å²) in [6, 6.07) is 10.5. The smallest absolute Gasteiger partial charge is 0.338 e. The minimum atomic E-state index is -3.97. The Bertz CT molecular complexity index is 874. The van der Waals surface area contributed by atoms with E-state index in [-0.39, 0.29) is 16.1 Å². The van der Waals surface area contributed by atoms with Crippen molar-refractivity contribution in [2.45, 2.75) is 18.2 Å². The molecule has 25 heavy (non-hydrogen) atoms. The zero-order chi connectivity index (χ0) is 18.4. The van der Waals surface area contributed by atoms with Crippen molar-refractivity contribution in [3.8, 4) is 0 Å². The molecule has 0 amide bonds. The quantitative estimate of drug-likeness (QED) is 0.745. The molecule has 0 spiro atoms. The Kier molecular flexibility index (Phi) is 5.76. The maximum Gasteiger partial charge on any atom is 0.338 e. The topological polar surface area (TPSA) is 113 Å². The number of carbonyl (C=O) groups excluding carboxylic acids is 2. The number of carboxylic acids is 1. The molecule has 2 aromatic carbocycles. The molecule has 0 fully saturated rings. The van der Waals surface area contributed by atoms with Crippen LogP contribution in [0.15, 0.2) is 53.4 Å². The van der Waals surface area contributed by atoms with E-state index in [1.165, 1.54) is 42.5 Å². The molecule has 2 aromatic rings. The maximum absolute atomic E-state index is 12.3. The Morgan fingerprint density at radius 2 is 1.76 bits per heavy atom. The summed E-state index contributed by atoms with van der Waals surface area (Å²) >= 11 is 0. The molecule has 132 valence electrons. The van der Waals surface area contributed by atoms with Crippen LogP contribution in [0.5, 0.6) is 0 Å². The molecule has 0 saturated heterocycles. The summed E-state index contributed by atoms with van der Waals surface area (Å²) in [6.45, 7) is 2.18. The van der Waals surface area contributed by atoms with E-state index in [1.54, 1.807) is 0 Å². The summed E-state index contributed by atoms with van der Waals surface area (Å²) in [5, 5.41) is 10.8. The van der Waals surface area contributed by atoms with Crippen LogP contribution >= 0.6 is 0 Å². The van der Waals surface area contributed by atoms with Gasteiger partial charge in [-0.15, -0.1) is 0 Å². The number of benzene rings is 2. The van der Waals surface area contributed by atoms with Crippen molar-refractivity contribution in [2.24, 2.45) is 0 Å². The van der Waals surface area contributed by atoms with E-state index in [0.29, 0.717) is 18.6 Å². The van der Waals surface area contributed by atoms with Gasteiger partial charge in [0.15, 0.2) is 0 Å². The monoisotopic (exact) mass is 362 g/mol. The zero-order valence-corrected chi connectivity index (χ0v) is 14.2. The molecule has 2 rings (SSSR count). The lowest BCUT2D eigenvalue weighted by Gasteiger charge is -2.10. The van der Waals surface area contributed by atoms with E-state index in [9.17, 15) is 23.1 Å². The number of ether oxygens (including phenoxy) is 1. The van der Waals surface area contributed by atoms with Crippen LogP contribution in [0.25, 0.3) is 0 Å². The minimum absolute atomic E-state index is 0.208. The van der Waals surface area contributed by atoms with Crippen LogP contribution in [0, 0.1) is 0 Å². The lowest BCUT2D eigenvalue weighted by atomic mass is 10.2. The summed E-state index contributed by atoms with van der Waals surface area (Å²) in [6.07, 6.45) is 0.703. The number of hydrogen-bond acceptors (Lipinski definition) is 6. The summed E-state index contributed by atoms with van der Waals surface area (Å²) in [5.41, 5.74) is 0.290. The van der Waals surface area contributed by atoms with E-state index in [2.05, 4.69) is 4.72 Å². The number of esters is 1. The number of carbonyl (C=O) groups is 2. The third-order valence-electron chi connectivity index (χ3n) is 3.19. The van der Waals surface area contributed by atoms with Crippen LogP contribution in [0.2, 0.25) is 0 Å². The van der Waals surface area contributed by atoms with Crippen molar-refractivity contribution >= 4 is 27.6 Å². The molecule has 0 heterocycles. The summed E-state index contributed by atoms with van der Waals surface area (Å²) in [5.74, 6) is -1.95. The molecule has 0 atom stereocenters. The van der Waals surface area contributed by atoms with Gasteiger partial charge in [0.25, 0.3) is 10.0 Å². The molecule has 0 aliphatic rings. The van der Waals surface area contributed by atoms with Crippen molar-refractivity contribution < 1.29 is 27.9 Å². The number of rotatable bonds is 7. The van der Waals surface area contributed by atoms with E-state index in [0.717, 1.165) is 6.07 Å². The van der Waals surface area contributed by atoms with Gasteiger partial charge in [-0.1, -0.05) is 19.1 Å². The van der Waals surface area contributed by atoms with Gasteiger partial charge in [-0.25, -0.2) is 13.2 Å². The predicted molar refractivity (Wildman–Crippen MR) is 88.6 cm³/mol. The Morgan fingerprint density at radius 3 is 2.36 bits per heavy atom. The largest absolute Gasteiger partial charge is 0.545 e. The standard InChI is InChI=1S/C17H17NO6S/c1-2-10-24-17(21)12-6-8-14(9-7-12)18-25(22,23)15-5-3-4-13(11-15)16(19)20/h3-9,11,18H,2,10H2,1H3,(H,19,20)/p-1. The summed E-state index contributed by atoms with van der Waals surface area (Å²) in [7, 11) is -3.97. The third-order valence-corrected chi connectivity index (χ3v) is 4.57. The summed E-state index contributed by atoms with van der Waals surface area (Å²) < 4.78 is 31.9. The second-order valence-corrected chi connectivity index (χ2v) is 6.82. The normalized spacial score (nSPS) is 10.9. The van der Waals surface area contributed by atoms with Crippen LogP contribution < -0.4 is 9.83 Å². The summed E-state index contributed by atoms with van der Waals surface area (Å²) in [4.78, 5) is 22.3. The number of anilines is 1. The number of carboxylic acid groups (broad SMARTS) is 1. The van der Waals surface area contributed by atoms with E-state index in [1.807, 2.05) is 6.92 Å². The Hall–Kier alpha value is -2.87. The lowest BCUT2D eigenvalue weighted by molar-refractivity contribution is -0.255. The molecular formula is C17H16NO6S-. The van der Waals surface area contributed by atoms with Crippen LogP contribution in [-0.4, -0.2) is 27.0 Å². The third kappa shape index (κ3) is 4.80. The number of hydrogen-bond donors (Lipinski definition) is 1. The highest BCUT2D eigenvalue weighted by molar-refractivity contribution is 7.92. The van der Waals surface area contributed by atoms with Gasteiger partial charge < -0.3 is 14.6 Å². The van der Waals surface area contributed by atoms with E-state index >= 15 is 0 Å². The van der Waals surface area contributed by atoms with Gasteiger partial charge in [0.1, 0.15) is 0 Å². The second-order valence-electron chi connectivity index (χ2n) is 5.13. The van der Waals surface area contributed by atoms with Gasteiger partial charge in [-0.2, -0.15) is 0 Å². The highest BCUT2D eigenvalue weighted by atomic mass is 32.2. The van der Waals surface area contributed by atoms with Crippen LogP contribution in [0.1, 0.15) is 34.1 Å². The van der Waals surface area contributed by atoms with E-state index in [4.69, 9.17) is 4.74 Å². The molecular weight excluding hydrogens is 346 g/mol. The fourth-order valence-electron chi connectivity index (χ4n) is 1.96. The van der Waals surface area contributed by atoms with Gasteiger partial charge >= 0.3 is 5.97 Å². The van der Waals surface area contributed by atoms with Gasteiger partial charge in [-0.05, 0) is 48.4 Å². The van der Waals surface area contributed by atoms with Crippen molar-refractivity contribution in [3.63, 3.8) is 0 Å². The first-order valence-electron chi connectivity index (χ1n) is 7.45. The number of nitrogens with one attached hydrogen (secondary N) is 1. The number of sulfonamides is 1. The molecule has 0 radical (unpaired) electrons. The first-order valence-corrected chi connectivity index (χ1v) is 8.93. The second kappa shape index (κ2) is 7.80. The van der Waals surface area contributed by atoms with Crippen LogP contribution in [0.4, 0.5) is 5.69 Å². The Balaban J connectivity index is 2.17. The highest BCUT2D eigenvalue weighted by Gasteiger charge is 2.15. The Labute approximate surface area is 145 Å². The first-order chi connectivity index (χ1) is 11.8. The lowest BCUT2D eigenvalue weighted by Crippen LogP contribution is -2.23. The fourth-order valence-corrected chi connectivity index (χ4v) is 3.06. The predicted octanol–water partition coefficient (Wildman–Crippen LogP) is 1.42. The van der Waals surface area contributed by atoms with Crippen LogP contribution in [0.3, 0.4) is 0 Å². The molecule has 0 saturated carbocycles. The van der Waals surface area contributed by atoms with Crippen molar-refractivity contribution in [3.05, 3.63) is 59.7 Å². The zero-order valence-electron chi connectivity index (χ0n) is 13.4. The fraction of sp³-hybridized carbons (Fsp3) is 0.176. The molecule has 0 unspecified atom stereocenters. The number of aromatic carboxylic acids is 1. The van der Waals surface area contributed by atoms with Gasteiger partial charge in [0, 0.05) is 5.69 Å². The van der Waals surface area contributed by atoms with Gasteiger partial charge in [-0.3, -0.25) is 4.72 Å². The molecule has 0 aliphatic heterocycles. The van der Waals surface area contributed by atoms with E-state index < -0.39 is 22.0 Å². The molecule has 1 N–H and O–H groups in total.